The Hall–Kier alpha value is -0.850. The average molecular weight is 230 g/mol. The number of oxime groups is 1. The van der Waals surface area contributed by atoms with E-state index in [-0.39, 0.29) is 5.84 Å². The van der Waals surface area contributed by atoms with E-state index in [1.165, 1.54) is 0 Å². The van der Waals surface area contributed by atoms with Crippen LogP contribution in [0.4, 0.5) is 0 Å². The molecule has 6 nitrogen and oxygen atoms in total. The second-order valence-corrected chi connectivity index (χ2v) is 3.90. The first-order valence-corrected chi connectivity index (χ1v) is 5.80. The van der Waals surface area contributed by atoms with Crippen molar-refractivity contribution in [2.24, 2.45) is 10.9 Å². The number of nitrogens with one attached hydrogen (secondary N) is 1. The summed E-state index contributed by atoms with van der Waals surface area (Å²) < 4.78 is 5.28. The topological polar surface area (TPSA) is 83.1 Å². The zero-order valence-corrected chi connectivity index (χ0v) is 9.69. The molecule has 94 valence electrons. The van der Waals surface area contributed by atoms with Crippen LogP contribution in [-0.2, 0) is 4.74 Å². The van der Waals surface area contributed by atoms with E-state index in [1.807, 2.05) is 0 Å². The molecule has 0 aliphatic carbocycles. The summed E-state index contributed by atoms with van der Waals surface area (Å²) in [6, 6.07) is 0. The van der Waals surface area contributed by atoms with E-state index >= 15 is 0 Å². The fourth-order valence-corrected chi connectivity index (χ4v) is 1.64. The maximum Gasteiger partial charge on any atom is 0.140 e. The van der Waals surface area contributed by atoms with Gasteiger partial charge in [-0.05, 0) is 19.5 Å². The molecule has 0 unspecified atom stereocenters. The fraction of sp³-hybridized carbons (Fsp3) is 0.900. The van der Waals surface area contributed by atoms with Crippen LogP contribution in [-0.4, -0.2) is 61.9 Å². The molecule has 6 heteroatoms. The van der Waals surface area contributed by atoms with Crippen molar-refractivity contribution >= 4 is 5.84 Å². The molecule has 0 bridgehead atoms. The van der Waals surface area contributed by atoms with Gasteiger partial charge >= 0.3 is 0 Å². The van der Waals surface area contributed by atoms with Crippen LogP contribution in [0.3, 0.4) is 0 Å². The summed E-state index contributed by atoms with van der Waals surface area (Å²) in [5, 5.41) is 14.5. The molecule has 0 aromatic heterocycles. The van der Waals surface area contributed by atoms with Gasteiger partial charge in [-0.15, -0.1) is 0 Å². The number of morpholine rings is 1. The van der Waals surface area contributed by atoms with E-state index in [2.05, 4.69) is 15.4 Å². The Morgan fingerprint density at radius 2 is 2.12 bits per heavy atom. The van der Waals surface area contributed by atoms with Crippen LogP contribution in [0.15, 0.2) is 5.16 Å². The summed E-state index contributed by atoms with van der Waals surface area (Å²) in [6.07, 6.45) is 1.71. The van der Waals surface area contributed by atoms with Crippen LogP contribution in [0, 0.1) is 0 Å². The van der Waals surface area contributed by atoms with Crippen LogP contribution in [0.2, 0.25) is 0 Å². The van der Waals surface area contributed by atoms with Crippen molar-refractivity contribution in [3.8, 4) is 0 Å². The van der Waals surface area contributed by atoms with Gasteiger partial charge in [-0.1, -0.05) is 5.16 Å². The van der Waals surface area contributed by atoms with Crippen molar-refractivity contribution in [3.63, 3.8) is 0 Å². The Morgan fingerprint density at radius 1 is 1.38 bits per heavy atom. The minimum Gasteiger partial charge on any atom is -0.409 e. The highest BCUT2D eigenvalue weighted by atomic mass is 16.5. The Morgan fingerprint density at radius 3 is 2.81 bits per heavy atom. The van der Waals surface area contributed by atoms with Gasteiger partial charge in [0.1, 0.15) is 5.84 Å². The zero-order chi connectivity index (χ0) is 11.6. The molecular weight excluding hydrogens is 208 g/mol. The van der Waals surface area contributed by atoms with Crippen molar-refractivity contribution in [1.29, 1.82) is 0 Å². The van der Waals surface area contributed by atoms with Gasteiger partial charge in [-0.25, -0.2) is 0 Å². The second-order valence-electron chi connectivity index (χ2n) is 3.90. The summed E-state index contributed by atoms with van der Waals surface area (Å²) in [6.45, 7) is 6.65. The van der Waals surface area contributed by atoms with Crippen LogP contribution in [0.5, 0.6) is 0 Å². The maximum atomic E-state index is 8.32. The lowest BCUT2D eigenvalue weighted by Crippen LogP contribution is -2.37. The van der Waals surface area contributed by atoms with Gasteiger partial charge in [0.2, 0.25) is 0 Å². The molecule has 0 spiro atoms. The van der Waals surface area contributed by atoms with Gasteiger partial charge in [0.05, 0.1) is 13.2 Å². The monoisotopic (exact) mass is 230 g/mol. The molecule has 0 aromatic rings. The molecule has 1 aliphatic heterocycles. The van der Waals surface area contributed by atoms with Crippen molar-refractivity contribution in [3.05, 3.63) is 0 Å². The van der Waals surface area contributed by atoms with Gasteiger partial charge in [0.25, 0.3) is 0 Å². The minimum atomic E-state index is 0.278. The van der Waals surface area contributed by atoms with Crippen LogP contribution < -0.4 is 11.1 Å². The number of amidine groups is 1. The Bertz CT molecular complexity index is 205. The molecule has 1 aliphatic rings. The highest BCUT2D eigenvalue weighted by Gasteiger charge is 2.08. The predicted molar refractivity (Wildman–Crippen MR) is 62.8 cm³/mol. The van der Waals surface area contributed by atoms with Gasteiger partial charge in [0.15, 0.2) is 0 Å². The van der Waals surface area contributed by atoms with E-state index in [1.54, 1.807) is 0 Å². The number of hydrogen-bond donors (Lipinski definition) is 3. The fourth-order valence-electron chi connectivity index (χ4n) is 1.64. The largest absolute Gasteiger partial charge is 0.409 e. The van der Waals surface area contributed by atoms with Gasteiger partial charge in [-0.2, -0.15) is 0 Å². The first kappa shape index (κ1) is 13.2. The third-order valence-corrected chi connectivity index (χ3v) is 2.62. The summed E-state index contributed by atoms with van der Waals surface area (Å²) in [5.74, 6) is 0.278. The number of rotatable bonds is 7. The lowest BCUT2D eigenvalue weighted by Gasteiger charge is -2.26. The standard InChI is InChI=1S/C10H22N4O2/c11-10(13-15)2-4-12-3-1-5-14-6-8-16-9-7-14/h12,15H,1-9H2,(H2,11,13). The zero-order valence-electron chi connectivity index (χ0n) is 9.69. The predicted octanol–water partition coefficient (Wildman–Crippen LogP) is -0.565. The summed E-state index contributed by atoms with van der Waals surface area (Å²) in [5.41, 5.74) is 5.34. The van der Waals surface area contributed by atoms with Gasteiger partial charge in [-0.3, -0.25) is 4.90 Å². The van der Waals surface area contributed by atoms with Crippen molar-refractivity contribution < 1.29 is 9.94 Å². The van der Waals surface area contributed by atoms with E-state index in [0.29, 0.717) is 6.42 Å². The normalized spacial score (nSPS) is 18.9. The highest BCUT2D eigenvalue weighted by Crippen LogP contribution is 1.97. The van der Waals surface area contributed by atoms with Gasteiger partial charge in [0, 0.05) is 26.1 Å². The molecule has 1 fully saturated rings. The van der Waals surface area contributed by atoms with Crippen LogP contribution >= 0.6 is 0 Å². The third kappa shape index (κ3) is 5.89. The van der Waals surface area contributed by atoms with Gasteiger partial charge < -0.3 is 21.0 Å². The minimum absolute atomic E-state index is 0.278. The first-order valence-electron chi connectivity index (χ1n) is 5.80. The first-order chi connectivity index (χ1) is 7.83. The molecular formula is C10H22N4O2. The van der Waals surface area contributed by atoms with E-state index < -0.39 is 0 Å². The molecule has 0 aromatic carbocycles. The van der Waals surface area contributed by atoms with E-state index in [0.717, 1.165) is 52.4 Å². The number of nitrogens with two attached hydrogens (primary N) is 1. The average Bonchev–Trinajstić information content (AvgIpc) is 2.34. The maximum absolute atomic E-state index is 8.32. The van der Waals surface area contributed by atoms with Crippen molar-refractivity contribution in [2.45, 2.75) is 12.8 Å². The summed E-state index contributed by atoms with van der Waals surface area (Å²) >= 11 is 0. The van der Waals surface area contributed by atoms with Crippen molar-refractivity contribution in [2.75, 3.05) is 45.9 Å². The molecule has 1 saturated heterocycles. The third-order valence-electron chi connectivity index (χ3n) is 2.62. The smallest absolute Gasteiger partial charge is 0.140 e. The molecule has 4 N–H and O–H groups in total. The number of ether oxygens (including phenoxy) is 1. The lowest BCUT2D eigenvalue weighted by molar-refractivity contribution is 0.0375. The number of nitrogens with zero attached hydrogens (tertiary/aromatic N) is 2. The molecule has 0 atom stereocenters. The Kier molecular flexibility index (Phi) is 6.87. The summed E-state index contributed by atoms with van der Waals surface area (Å²) in [4.78, 5) is 2.41. The van der Waals surface area contributed by atoms with E-state index in [4.69, 9.17) is 15.7 Å². The van der Waals surface area contributed by atoms with Crippen molar-refractivity contribution in [1.82, 2.24) is 10.2 Å². The second kappa shape index (κ2) is 8.32. The lowest BCUT2D eigenvalue weighted by atomic mass is 10.3. The Labute approximate surface area is 96.4 Å². The summed E-state index contributed by atoms with van der Waals surface area (Å²) in [7, 11) is 0. The van der Waals surface area contributed by atoms with Crippen LogP contribution in [0.1, 0.15) is 12.8 Å². The molecule has 0 saturated carbocycles. The van der Waals surface area contributed by atoms with Crippen LogP contribution in [0.25, 0.3) is 0 Å². The highest BCUT2D eigenvalue weighted by molar-refractivity contribution is 5.79. The quantitative estimate of drug-likeness (QED) is 0.179. The molecule has 16 heavy (non-hydrogen) atoms. The van der Waals surface area contributed by atoms with E-state index in [9.17, 15) is 0 Å². The Balaban J connectivity index is 1.87. The SMILES string of the molecule is NC(CCNCCCN1CCOCC1)=NO. The molecule has 0 radical (unpaired) electrons. The number of hydrogen-bond acceptors (Lipinski definition) is 5. The molecule has 0 amide bonds. The molecule has 1 heterocycles. The molecule has 1 rings (SSSR count).